The third-order valence-electron chi connectivity index (χ3n) is 6.24. The number of nitrogens with one attached hydrogen (secondary N) is 2. The first-order valence-corrected chi connectivity index (χ1v) is 12.8. The third-order valence-corrected chi connectivity index (χ3v) is 6.47. The highest BCUT2D eigenvalue weighted by Gasteiger charge is 2.22. The molecule has 2 aromatic carbocycles. The second-order valence-electron chi connectivity index (χ2n) is 8.88. The van der Waals surface area contributed by atoms with Gasteiger partial charge in [-0.3, -0.25) is 14.6 Å². The second kappa shape index (κ2) is 12.2. The molecule has 2 N–H and O–H groups in total. The Bertz CT molecular complexity index is 1580. The van der Waals surface area contributed by atoms with E-state index in [0.29, 0.717) is 36.3 Å². The number of carbonyl (C=O) groups is 2. The lowest BCUT2D eigenvalue weighted by Crippen LogP contribution is -2.47. The van der Waals surface area contributed by atoms with Gasteiger partial charge >= 0.3 is 0 Å². The molecular formula is C28H25ClN8O2. The van der Waals surface area contributed by atoms with Crippen LogP contribution in [-0.2, 0) is 17.6 Å². The first-order chi connectivity index (χ1) is 19.1. The largest absolute Gasteiger partial charge is 0.354 e. The van der Waals surface area contributed by atoms with Crippen LogP contribution in [0.25, 0.3) is 16.6 Å². The van der Waals surface area contributed by atoms with Gasteiger partial charge in [0.05, 0.1) is 11.2 Å². The van der Waals surface area contributed by atoms with Crippen molar-refractivity contribution in [1.82, 2.24) is 40.8 Å². The van der Waals surface area contributed by atoms with Crippen LogP contribution in [0.4, 0.5) is 0 Å². The van der Waals surface area contributed by atoms with E-state index >= 15 is 0 Å². The van der Waals surface area contributed by atoms with Crippen molar-refractivity contribution in [3.05, 3.63) is 107 Å². The maximum absolute atomic E-state index is 13.3. The highest BCUT2D eigenvalue weighted by atomic mass is 35.5. The minimum atomic E-state index is -0.758. The molecule has 3 aromatic heterocycles. The number of pyridine rings is 2. The molecule has 5 aromatic rings. The summed E-state index contributed by atoms with van der Waals surface area (Å²) in [5.41, 5.74) is 3.60. The first-order valence-electron chi connectivity index (χ1n) is 12.4. The molecule has 0 saturated carbocycles. The fraction of sp³-hybridized carbons (Fsp3) is 0.179. The van der Waals surface area contributed by atoms with Crippen molar-refractivity contribution in [3.63, 3.8) is 0 Å². The number of hydrogen-bond donors (Lipinski definition) is 2. The van der Waals surface area contributed by atoms with Gasteiger partial charge in [0.25, 0.3) is 5.91 Å². The third kappa shape index (κ3) is 6.60. The zero-order valence-corrected chi connectivity index (χ0v) is 21.6. The van der Waals surface area contributed by atoms with Gasteiger partial charge in [-0.15, -0.1) is 5.10 Å². The van der Waals surface area contributed by atoms with Gasteiger partial charge in [0.2, 0.25) is 5.91 Å². The number of fused-ring (bicyclic) bond motifs is 1. The summed E-state index contributed by atoms with van der Waals surface area (Å²) < 4.78 is 1.54. The van der Waals surface area contributed by atoms with Crippen LogP contribution < -0.4 is 10.6 Å². The smallest absolute Gasteiger partial charge is 0.270 e. The molecule has 0 saturated heterocycles. The van der Waals surface area contributed by atoms with Crippen molar-refractivity contribution in [1.29, 1.82) is 0 Å². The van der Waals surface area contributed by atoms with Crippen LogP contribution in [0.2, 0.25) is 5.02 Å². The summed E-state index contributed by atoms with van der Waals surface area (Å²) in [6.45, 7) is 0.327. The van der Waals surface area contributed by atoms with Crippen LogP contribution >= 0.6 is 11.6 Å². The van der Waals surface area contributed by atoms with Gasteiger partial charge in [0, 0.05) is 29.3 Å². The molecule has 5 rings (SSSR count). The molecule has 0 bridgehead atoms. The lowest BCUT2D eigenvalue weighted by atomic mass is 10.0. The van der Waals surface area contributed by atoms with E-state index in [9.17, 15) is 9.59 Å². The zero-order chi connectivity index (χ0) is 27.0. The van der Waals surface area contributed by atoms with Crippen molar-refractivity contribution < 1.29 is 9.59 Å². The first kappa shape index (κ1) is 25.9. The van der Waals surface area contributed by atoms with Gasteiger partial charge in [-0.1, -0.05) is 41.9 Å². The van der Waals surface area contributed by atoms with E-state index < -0.39 is 11.9 Å². The second-order valence-corrected chi connectivity index (χ2v) is 9.32. The predicted octanol–water partition coefficient (Wildman–Crippen LogP) is 3.35. The molecule has 0 fully saturated rings. The number of aromatic nitrogens is 6. The Morgan fingerprint density at radius 2 is 1.87 bits per heavy atom. The summed E-state index contributed by atoms with van der Waals surface area (Å²) in [5.74, 6) is -0.701. The lowest BCUT2D eigenvalue weighted by Gasteiger charge is -2.19. The lowest BCUT2D eigenvalue weighted by molar-refractivity contribution is -0.123. The quantitative estimate of drug-likeness (QED) is 0.278. The highest BCUT2D eigenvalue weighted by molar-refractivity contribution is 6.30. The molecule has 3 heterocycles. The van der Waals surface area contributed by atoms with Crippen molar-refractivity contribution in [2.24, 2.45) is 0 Å². The Labute approximate surface area is 229 Å². The van der Waals surface area contributed by atoms with Crippen molar-refractivity contribution in [2.75, 3.05) is 6.54 Å². The maximum Gasteiger partial charge on any atom is 0.270 e. The number of benzene rings is 2. The molecule has 0 aliphatic rings. The van der Waals surface area contributed by atoms with Crippen molar-refractivity contribution in [2.45, 2.75) is 25.3 Å². The van der Waals surface area contributed by atoms with Gasteiger partial charge in [0.1, 0.15) is 18.1 Å². The number of tetrazole rings is 1. The molecule has 0 spiro atoms. The molecule has 1 atom stereocenters. The normalized spacial score (nSPS) is 11.7. The van der Waals surface area contributed by atoms with E-state index in [-0.39, 0.29) is 11.6 Å². The summed E-state index contributed by atoms with van der Waals surface area (Å²) in [6.07, 6.45) is 6.33. The number of aryl methyl sites for hydroxylation is 1. The Morgan fingerprint density at radius 1 is 1.00 bits per heavy atom. The van der Waals surface area contributed by atoms with Crippen LogP contribution in [0.1, 0.15) is 28.0 Å². The number of amides is 2. The molecule has 0 aliphatic carbocycles. The molecule has 10 nitrogen and oxygen atoms in total. The highest BCUT2D eigenvalue weighted by Crippen LogP contribution is 2.19. The maximum atomic E-state index is 13.3. The van der Waals surface area contributed by atoms with Gasteiger partial charge in [-0.05, 0) is 77.2 Å². The summed E-state index contributed by atoms with van der Waals surface area (Å²) in [5, 5.41) is 18.6. The average molecular weight is 541 g/mol. The van der Waals surface area contributed by atoms with Crippen LogP contribution in [-0.4, -0.2) is 54.6 Å². The Hall–Kier alpha value is -4.70. The zero-order valence-electron chi connectivity index (χ0n) is 20.9. The molecule has 0 unspecified atom stereocenters. The minimum Gasteiger partial charge on any atom is -0.354 e. The molecule has 39 heavy (non-hydrogen) atoms. The van der Waals surface area contributed by atoms with E-state index in [0.717, 1.165) is 22.2 Å². The van der Waals surface area contributed by atoms with Crippen LogP contribution in [0, 0.1) is 0 Å². The number of carbonyl (C=O) groups excluding carboxylic acids is 2. The van der Waals surface area contributed by atoms with Crippen molar-refractivity contribution in [3.8, 4) is 5.69 Å². The van der Waals surface area contributed by atoms with Crippen molar-refractivity contribution >= 4 is 34.3 Å². The number of nitrogens with zero attached hydrogens (tertiary/aromatic N) is 6. The molecule has 0 aliphatic heterocycles. The van der Waals surface area contributed by atoms with Crippen LogP contribution in [0.15, 0.2) is 85.5 Å². The van der Waals surface area contributed by atoms with Gasteiger partial charge < -0.3 is 10.6 Å². The van der Waals surface area contributed by atoms with E-state index in [1.54, 1.807) is 41.3 Å². The minimum absolute atomic E-state index is 0.233. The topological polar surface area (TPSA) is 128 Å². The Kier molecular flexibility index (Phi) is 8.13. The number of halogens is 1. The average Bonchev–Trinajstić information content (AvgIpc) is 3.50. The van der Waals surface area contributed by atoms with Crippen LogP contribution in [0.3, 0.4) is 0 Å². The standard InChI is InChI=1S/C28H25ClN8O2/c29-22-8-11-26(37-18-32-35-36-37)20(16-22)12-15-31-27(38)24(9-6-19-4-2-1-3-5-19)34-28(39)25-10-7-21-17-30-14-13-23(21)33-25/h1-5,7-8,10-11,13-14,16-18,24H,6,9,12,15H2,(H,31,38)(H,34,39)/t24-/m0/s1. The monoisotopic (exact) mass is 540 g/mol. The Balaban J connectivity index is 1.28. The van der Waals surface area contributed by atoms with E-state index in [2.05, 4.69) is 36.1 Å². The van der Waals surface area contributed by atoms with E-state index in [1.807, 2.05) is 42.5 Å². The summed E-state index contributed by atoms with van der Waals surface area (Å²) in [7, 11) is 0. The van der Waals surface area contributed by atoms with Crippen LogP contribution in [0.5, 0.6) is 0 Å². The van der Waals surface area contributed by atoms with Gasteiger partial charge in [-0.2, -0.15) is 0 Å². The number of rotatable bonds is 10. The summed E-state index contributed by atoms with van der Waals surface area (Å²) in [4.78, 5) is 34.9. The van der Waals surface area contributed by atoms with E-state index in [1.165, 1.54) is 6.33 Å². The Morgan fingerprint density at radius 3 is 2.69 bits per heavy atom. The summed E-state index contributed by atoms with van der Waals surface area (Å²) >= 11 is 6.22. The van der Waals surface area contributed by atoms with Gasteiger partial charge in [-0.25, -0.2) is 9.67 Å². The fourth-order valence-corrected chi connectivity index (χ4v) is 4.44. The molecule has 11 heteroatoms. The molecule has 196 valence electrons. The van der Waals surface area contributed by atoms with E-state index in [4.69, 9.17) is 11.6 Å². The predicted molar refractivity (Wildman–Crippen MR) is 146 cm³/mol. The molecule has 2 amide bonds. The molecule has 0 radical (unpaired) electrons. The van der Waals surface area contributed by atoms with Gasteiger partial charge in [0.15, 0.2) is 0 Å². The molecular weight excluding hydrogens is 516 g/mol. The summed E-state index contributed by atoms with van der Waals surface area (Å²) in [6, 6.07) is 19.6. The fourth-order valence-electron chi connectivity index (χ4n) is 4.24. The SMILES string of the molecule is O=C(N[C@@H](CCc1ccccc1)C(=O)NCCc1cc(Cl)ccc1-n1cnnn1)c1ccc2cnccc2n1. The number of hydrogen-bond acceptors (Lipinski definition) is 7.